The number of carbonyl (C=O) groups is 1. The van der Waals surface area contributed by atoms with Crippen molar-refractivity contribution in [3.05, 3.63) is 0 Å². The Balaban J connectivity index is 2.24. The Bertz CT molecular complexity index is 225. The van der Waals surface area contributed by atoms with Crippen LogP contribution in [0.1, 0.15) is 47.0 Å². The summed E-state index contributed by atoms with van der Waals surface area (Å²) in [6.45, 7) is 11.5. The lowest BCUT2D eigenvalue weighted by molar-refractivity contribution is -0.132. The highest BCUT2D eigenvalue weighted by Gasteiger charge is 2.22. The van der Waals surface area contributed by atoms with Gasteiger partial charge in [0.15, 0.2) is 0 Å². The van der Waals surface area contributed by atoms with Gasteiger partial charge < -0.3 is 10.2 Å². The molecule has 1 rings (SSSR count). The molecule has 0 spiro atoms. The van der Waals surface area contributed by atoms with Crippen LogP contribution in [0.4, 0.5) is 0 Å². The maximum absolute atomic E-state index is 11.5. The number of nitrogens with one attached hydrogen (secondary N) is 1. The normalized spacial score (nSPS) is 18.9. The summed E-state index contributed by atoms with van der Waals surface area (Å²) in [5.41, 5.74) is 0.205. The molecule has 1 saturated heterocycles. The van der Waals surface area contributed by atoms with Crippen LogP contribution in [0.25, 0.3) is 0 Å². The van der Waals surface area contributed by atoms with E-state index in [-0.39, 0.29) is 5.54 Å². The molecule has 0 aromatic carbocycles. The fourth-order valence-corrected chi connectivity index (χ4v) is 2.06. The molecule has 3 heteroatoms. The molecule has 0 radical (unpaired) electrons. The van der Waals surface area contributed by atoms with Gasteiger partial charge in [0.2, 0.25) is 5.91 Å². The van der Waals surface area contributed by atoms with Gasteiger partial charge in [-0.3, -0.25) is 4.79 Å². The van der Waals surface area contributed by atoms with E-state index in [4.69, 9.17) is 0 Å². The smallest absolute Gasteiger partial charge is 0.222 e. The number of amides is 1. The van der Waals surface area contributed by atoms with Crippen LogP contribution < -0.4 is 5.32 Å². The third-order valence-corrected chi connectivity index (χ3v) is 3.19. The summed E-state index contributed by atoms with van der Waals surface area (Å²) < 4.78 is 0. The molecule has 1 fully saturated rings. The van der Waals surface area contributed by atoms with Crippen molar-refractivity contribution >= 4 is 5.91 Å². The molecule has 3 nitrogen and oxygen atoms in total. The van der Waals surface area contributed by atoms with Gasteiger partial charge in [0.05, 0.1) is 0 Å². The molecule has 1 aliphatic heterocycles. The molecule has 0 atom stereocenters. The van der Waals surface area contributed by atoms with Gasteiger partial charge in [0.25, 0.3) is 0 Å². The van der Waals surface area contributed by atoms with Crippen LogP contribution in [0.5, 0.6) is 0 Å². The van der Waals surface area contributed by atoms with Crippen LogP contribution in [0.2, 0.25) is 0 Å². The van der Waals surface area contributed by atoms with E-state index in [1.807, 2.05) is 11.8 Å². The first-order valence-electron chi connectivity index (χ1n) is 6.45. The topological polar surface area (TPSA) is 32.3 Å². The number of piperidine rings is 1. The molecule has 0 unspecified atom stereocenters. The molecular weight excluding hydrogens is 200 g/mol. The van der Waals surface area contributed by atoms with Crippen molar-refractivity contribution in [2.45, 2.75) is 52.5 Å². The highest BCUT2D eigenvalue weighted by Crippen LogP contribution is 2.17. The Labute approximate surface area is 99.6 Å². The van der Waals surface area contributed by atoms with E-state index in [9.17, 15) is 4.79 Å². The van der Waals surface area contributed by atoms with Gasteiger partial charge in [-0.1, -0.05) is 6.92 Å². The molecule has 1 aliphatic rings. The predicted octanol–water partition coefficient (Wildman–Crippen LogP) is 2.02. The number of carbonyl (C=O) groups excluding carboxylic acids is 1. The Morgan fingerprint density at radius 1 is 1.31 bits per heavy atom. The summed E-state index contributed by atoms with van der Waals surface area (Å²) in [5, 5.41) is 3.55. The van der Waals surface area contributed by atoms with Crippen LogP contribution in [0, 0.1) is 5.92 Å². The Kier molecular flexibility index (Phi) is 4.78. The molecular formula is C13H26N2O. The molecule has 0 aliphatic carbocycles. The first kappa shape index (κ1) is 13.5. The van der Waals surface area contributed by atoms with Gasteiger partial charge >= 0.3 is 0 Å². The number of hydrogen-bond donors (Lipinski definition) is 1. The second-order valence-electron chi connectivity index (χ2n) is 5.81. The first-order valence-corrected chi connectivity index (χ1v) is 6.45. The lowest BCUT2D eigenvalue weighted by Gasteiger charge is -2.33. The van der Waals surface area contributed by atoms with Gasteiger partial charge in [-0.15, -0.1) is 0 Å². The van der Waals surface area contributed by atoms with Crippen molar-refractivity contribution in [2.75, 3.05) is 19.6 Å². The van der Waals surface area contributed by atoms with Crippen molar-refractivity contribution in [2.24, 2.45) is 5.92 Å². The fraction of sp³-hybridized carbons (Fsp3) is 0.923. The Hall–Kier alpha value is -0.570. The van der Waals surface area contributed by atoms with Gasteiger partial charge in [0, 0.05) is 25.0 Å². The van der Waals surface area contributed by atoms with E-state index < -0.39 is 0 Å². The van der Waals surface area contributed by atoms with E-state index >= 15 is 0 Å². The van der Waals surface area contributed by atoms with E-state index in [0.717, 1.165) is 38.4 Å². The molecule has 16 heavy (non-hydrogen) atoms. The van der Waals surface area contributed by atoms with Gasteiger partial charge in [-0.25, -0.2) is 0 Å². The lowest BCUT2D eigenvalue weighted by atomic mass is 9.95. The summed E-state index contributed by atoms with van der Waals surface area (Å²) in [6.07, 6.45) is 2.94. The minimum absolute atomic E-state index is 0.205. The van der Waals surface area contributed by atoms with E-state index in [0.29, 0.717) is 12.3 Å². The van der Waals surface area contributed by atoms with Gasteiger partial charge in [-0.05, 0) is 46.1 Å². The fourth-order valence-electron chi connectivity index (χ4n) is 2.06. The van der Waals surface area contributed by atoms with Gasteiger partial charge in [0.1, 0.15) is 0 Å². The van der Waals surface area contributed by atoms with Crippen molar-refractivity contribution in [1.82, 2.24) is 10.2 Å². The summed E-state index contributed by atoms with van der Waals surface area (Å²) in [5.74, 6) is 1.04. The quantitative estimate of drug-likeness (QED) is 0.798. The van der Waals surface area contributed by atoms with Crippen molar-refractivity contribution in [3.8, 4) is 0 Å². The van der Waals surface area contributed by atoms with Gasteiger partial charge in [-0.2, -0.15) is 0 Å². The number of nitrogens with zero attached hydrogens (tertiary/aromatic N) is 1. The average Bonchev–Trinajstić information content (AvgIpc) is 2.25. The SMILES string of the molecule is CCC(=O)N1CCC(CNC(C)(C)C)CC1. The summed E-state index contributed by atoms with van der Waals surface area (Å²) in [4.78, 5) is 13.5. The minimum atomic E-state index is 0.205. The first-order chi connectivity index (χ1) is 7.42. The zero-order chi connectivity index (χ0) is 12.2. The second-order valence-corrected chi connectivity index (χ2v) is 5.81. The lowest BCUT2D eigenvalue weighted by Crippen LogP contribution is -2.44. The maximum atomic E-state index is 11.5. The number of likely N-dealkylation sites (tertiary alicyclic amines) is 1. The monoisotopic (exact) mass is 226 g/mol. The third-order valence-electron chi connectivity index (χ3n) is 3.19. The van der Waals surface area contributed by atoms with Crippen LogP contribution >= 0.6 is 0 Å². The molecule has 1 amide bonds. The standard InChI is InChI=1S/C13H26N2O/c1-5-12(16)15-8-6-11(7-9-15)10-14-13(2,3)4/h11,14H,5-10H2,1-4H3. The number of hydrogen-bond acceptors (Lipinski definition) is 2. The van der Waals surface area contributed by atoms with E-state index in [1.165, 1.54) is 0 Å². The Morgan fingerprint density at radius 2 is 1.88 bits per heavy atom. The van der Waals surface area contributed by atoms with Crippen LogP contribution in [0.15, 0.2) is 0 Å². The average molecular weight is 226 g/mol. The molecule has 1 heterocycles. The highest BCUT2D eigenvalue weighted by molar-refractivity contribution is 5.75. The molecule has 0 aromatic heterocycles. The summed E-state index contributed by atoms with van der Waals surface area (Å²) >= 11 is 0. The van der Waals surface area contributed by atoms with E-state index in [2.05, 4.69) is 26.1 Å². The van der Waals surface area contributed by atoms with Crippen LogP contribution in [-0.4, -0.2) is 36.0 Å². The largest absolute Gasteiger partial charge is 0.343 e. The Morgan fingerprint density at radius 3 is 2.31 bits per heavy atom. The maximum Gasteiger partial charge on any atom is 0.222 e. The molecule has 1 N–H and O–H groups in total. The molecule has 0 aromatic rings. The molecule has 94 valence electrons. The van der Waals surface area contributed by atoms with Crippen molar-refractivity contribution in [1.29, 1.82) is 0 Å². The highest BCUT2D eigenvalue weighted by atomic mass is 16.2. The molecule has 0 bridgehead atoms. The summed E-state index contributed by atoms with van der Waals surface area (Å²) in [7, 11) is 0. The van der Waals surface area contributed by atoms with Crippen LogP contribution in [0.3, 0.4) is 0 Å². The zero-order valence-corrected chi connectivity index (χ0v) is 11.2. The molecule has 0 saturated carbocycles. The van der Waals surface area contributed by atoms with Crippen LogP contribution in [-0.2, 0) is 4.79 Å². The summed E-state index contributed by atoms with van der Waals surface area (Å²) in [6, 6.07) is 0. The van der Waals surface area contributed by atoms with E-state index in [1.54, 1.807) is 0 Å². The predicted molar refractivity (Wildman–Crippen MR) is 67.4 cm³/mol. The minimum Gasteiger partial charge on any atom is -0.343 e. The second kappa shape index (κ2) is 5.67. The zero-order valence-electron chi connectivity index (χ0n) is 11.2. The third kappa shape index (κ3) is 4.52. The van der Waals surface area contributed by atoms with Crippen molar-refractivity contribution < 1.29 is 4.79 Å². The number of rotatable bonds is 3. The van der Waals surface area contributed by atoms with Crippen molar-refractivity contribution in [3.63, 3.8) is 0 Å².